The monoisotopic (exact) mass is 257 g/mol. The third-order valence-corrected chi connectivity index (χ3v) is 3.27. The summed E-state index contributed by atoms with van der Waals surface area (Å²) < 4.78 is 0.907. The maximum absolute atomic E-state index is 11.7. The van der Waals surface area contributed by atoms with Crippen molar-refractivity contribution in [3.05, 3.63) is 20.8 Å². The molecular weight excluding hydrogens is 250 g/mol. The first kappa shape index (κ1) is 10.4. The summed E-state index contributed by atoms with van der Waals surface area (Å²) in [5, 5.41) is 8.75. The van der Waals surface area contributed by atoms with Crippen LogP contribution < -0.4 is 0 Å². The van der Waals surface area contributed by atoms with Gasteiger partial charge in [0.2, 0.25) is 0 Å². The van der Waals surface area contributed by atoms with Gasteiger partial charge in [0, 0.05) is 0 Å². The number of nitrogens with zero attached hydrogens (tertiary/aromatic N) is 1. The number of Topliss-reactive ketones (excluding diaryl/α,β-unsaturated/α-hetero) is 1. The summed E-state index contributed by atoms with van der Waals surface area (Å²) in [5.41, 5.74) is -0.926. The summed E-state index contributed by atoms with van der Waals surface area (Å²) in [5.74, 6) is -0.120. The fourth-order valence-corrected chi connectivity index (χ4v) is 2.28. The Hall–Kier alpha value is -0.660. The molecule has 1 heterocycles. The summed E-state index contributed by atoms with van der Waals surface area (Å²) in [4.78, 5) is 12.3. The topological polar surface area (TPSA) is 40.9 Å². The van der Waals surface area contributed by atoms with Crippen molar-refractivity contribution in [2.75, 3.05) is 0 Å². The van der Waals surface area contributed by atoms with E-state index in [-0.39, 0.29) is 5.78 Å². The highest BCUT2D eigenvalue weighted by Crippen LogP contribution is 2.28. The quantitative estimate of drug-likeness (QED) is 0.764. The fraction of sp³-hybridized carbons (Fsp3) is 0.333. The molecule has 0 saturated heterocycles. The number of ketones is 1. The van der Waals surface area contributed by atoms with Gasteiger partial charge in [0.1, 0.15) is 5.41 Å². The zero-order valence-corrected chi connectivity index (χ0v) is 9.70. The van der Waals surface area contributed by atoms with Crippen LogP contribution in [0.2, 0.25) is 0 Å². The molecule has 0 spiro atoms. The van der Waals surface area contributed by atoms with E-state index in [1.54, 1.807) is 19.9 Å². The Morgan fingerprint density at radius 3 is 2.62 bits per heavy atom. The standard InChI is InChI=1S/C9H8BrNOS/c1-9(2,5-11)8(12)6-3-4-7(10)13-6/h3-4H,1-2H3. The van der Waals surface area contributed by atoms with Crippen LogP contribution in [0.15, 0.2) is 15.9 Å². The second-order valence-electron chi connectivity index (χ2n) is 3.17. The first-order valence-electron chi connectivity index (χ1n) is 3.69. The van der Waals surface area contributed by atoms with Crippen molar-refractivity contribution in [1.82, 2.24) is 0 Å². The number of hydrogen-bond acceptors (Lipinski definition) is 3. The number of carbonyl (C=O) groups is 1. The van der Waals surface area contributed by atoms with Crippen LogP contribution in [0.1, 0.15) is 23.5 Å². The summed E-state index contributed by atoms with van der Waals surface area (Å²) in [6.45, 7) is 3.26. The second-order valence-corrected chi connectivity index (χ2v) is 5.63. The molecule has 68 valence electrons. The molecule has 0 aliphatic rings. The van der Waals surface area contributed by atoms with Crippen molar-refractivity contribution in [2.24, 2.45) is 5.41 Å². The SMILES string of the molecule is CC(C)(C#N)C(=O)c1ccc(Br)s1. The molecular formula is C9H8BrNOS. The van der Waals surface area contributed by atoms with Crippen molar-refractivity contribution in [3.8, 4) is 6.07 Å². The predicted molar refractivity (Wildman–Crippen MR) is 55.7 cm³/mol. The van der Waals surface area contributed by atoms with Gasteiger partial charge in [0.15, 0.2) is 5.78 Å². The summed E-state index contributed by atoms with van der Waals surface area (Å²) in [6.07, 6.45) is 0. The van der Waals surface area contributed by atoms with Gasteiger partial charge < -0.3 is 0 Å². The smallest absolute Gasteiger partial charge is 0.192 e. The molecule has 4 heteroatoms. The highest BCUT2D eigenvalue weighted by atomic mass is 79.9. The molecule has 1 aromatic heterocycles. The van der Waals surface area contributed by atoms with E-state index in [4.69, 9.17) is 5.26 Å². The van der Waals surface area contributed by atoms with Crippen LogP contribution in [-0.2, 0) is 0 Å². The van der Waals surface area contributed by atoms with E-state index < -0.39 is 5.41 Å². The Morgan fingerprint density at radius 1 is 1.62 bits per heavy atom. The number of carbonyl (C=O) groups excluding carboxylic acids is 1. The van der Waals surface area contributed by atoms with Crippen molar-refractivity contribution in [2.45, 2.75) is 13.8 Å². The van der Waals surface area contributed by atoms with Gasteiger partial charge in [-0.05, 0) is 41.9 Å². The molecule has 13 heavy (non-hydrogen) atoms. The molecule has 1 rings (SSSR count). The minimum absolute atomic E-state index is 0.120. The lowest BCUT2D eigenvalue weighted by Crippen LogP contribution is -2.21. The normalized spacial score (nSPS) is 10.9. The van der Waals surface area contributed by atoms with E-state index in [0.717, 1.165) is 3.79 Å². The van der Waals surface area contributed by atoms with E-state index >= 15 is 0 Å². The van der Waals surface area contributed by atoms with Gasteiger partial charge in [0.05, 0.1) is 14.7 Å². The van der Waals surface area contributed by atoms with Crippen LogP contribution >= 0.6 is 27.3 Å². The van der Waals surface area contributed by atoms with Crippen molar-refractivity contribution in [1.29, 1.82) is 5.26 Å². The number of rotatable bonds is 2. The second kappa shape index (κ2) is 3.60. The third kappa shape index (κ3) is 2.17. The van der Waals surface area contributed by atoms with Crippen molar-refractivity contribution >= 4 is 33.0 Å². The third-order valence-electron chi connectivity index (χ3n) is 1.64. The lowest BCUT2D eigenvalue weighted by Gasteiger charge is -2.11. The van der Waals surface area contributed by atoms with Crippen LogP contribution in [0.4, 0.5) is 0 Å². The maximum Gasteiger partial charge on any atom is 0.192 e. The average Bonchev–Trinajstić information content (AvgIpc) is 2.50. The number of halogens is 1. The largest absolute Gasteiger partial charge is 0.291 e. The lowest BCUT2D eigenvalue weighted by atomic mass is 9.89. The Bertz CT molecular complexity index is 375. The van der Waals surface area contributed by atoms with Crippen LogP contribution in [0.3, 0.4) is 0 Å². The molecule has 0 amide bonds. The number of thiophene rings is 1. The fourth-order valence-electron chi connectivity index (χ4n) is 0.795. The minimum Gasteiger partial charge on any atom is -0.291 e. The molecule has 1 aromatic rings. The van der Waals surface area contributed by atoms with Gasteiger partial charge in [-0.25, -0.2) is 0 Å². The Balaban J connectivity index is 3.00. The molecule has 0 bridgehead atoms. The molecule has 0 fully saturated rings. The first-order valence-corrected chi connectivity index (χ1v) is 5.30. The lowest BCUT2D eigenvalue weighted by molar-refractivity contribution is 0.0896. The molecule has 0 N–H and O–H groups in total. The van der Waals surface area contributed by atoms with Crippen LogP contribution in [0, 0.1) is 16.7 Å². The van der Waals surface area contributed by atoms with E-state index in [0.29, 0.717) is 4.88 Å². The molecule has 0 unspecified atom stereocenters. The Labute approximate surface area is 89.3 Å². The van der Waals surface area contributed by atoms with E-state index in [9.17, 15) is 4.79 Å². The predicted octanol–water partition coefficient (Wildman–Crippen LogP) is 3.24. The highest BCUT2D eigenvalue weighted by molar-refractivity contribution is 9.11. The van der Waals surface area contributed by atoms with Gasteiger partial charge in [-0.3, -0.25) is 4.79 Å². The molecule has 0 aliphatic carbocycles. The molecule has 2 nitrogen and oxygen atoms in total. The van der Waals surface area contributed by atoms with Crippen LogP contribution in [0.25, 0.3) is 0 Å². The summed E-state index contributed by atoms with van der Waals surface area (Å²) in [6, 6.07) is 5.53. The number of hydrogen-bond donors (Lipinski definition) is 0. The van der Waals surface area contributed by atoms with Gasteiger partial charge in [-0.2, -0.15) is 5.26 Å². The minimum atomic E-state index is -0.926. The zero-order chi connectivity index (χ0) is 10.1. The van der Waals surface area contributed by atoms with Gasteiger partial charge in [-0.1, -0.05) is 0 Å². The molecule has 0 atom stereocenters. The molecule has 0 saturated carbocycles. The molecule has 0 radical (unpaired) electrons. The van der Waals surface area contributed by atoms with Crippen LogP contribution in [0.5, 0.6) is 0 Å². The van der Waals surface area contributed by atoms with E-state index in [2.05, 4.69) is 15.9 Å². The van der Waals surface area contributed by atoms with E-state index in [1.807, 2.05) is 12.1 Å². The summed E-state index contributed by atoms with van der Waals surface area (Å²) in [7, 11) is 0. The van der Waals surface area contributed by atoms with Crippen molar-refractivity contribution in [3.63, 3.8) is 0 Å². The van der Waals surface area contributed by atoms with Gasteiger partial charge in [-0.15, -0.1) is 11.3 Å². The molecule has 0 aliphatic heterocycles. The van der Waals surface area contributed by atoms with Gasteiger partial charge in [0.25, 0.3) is 0 Å². The van der Waals surface area contributed by atoms with Gasteiger partial charge >= 0.3 is 0 Å². The van der Waals surface area contributed by atoms with E-state index in [1.165, 1.54) is 11.3 Å². The zero-order valence-electron chi connectivity index (χ0n) is 7.30. The molecule has 0 aromatic carbocycles. The Kier molecular flexibility index (Phi) is 2.89. The Morgan fingerprint density at radius 2 is 2.23 bits per heavy atom. The number of nitriles is 1. The highest BCUT2D eigenvalue weighted by Gasteiger charge is 2.29. The maximum atomic E-state index is 11.7. The van der Waals surface area contributed by atoms with Crippen LogP contribution in [-0.4, -0.2) is 5.78 Å². The first-order chi connectivity index (χ1) is 5.97. The van der Waals surface area contributed by atoms with Crippen molar-refractivity contribution < 1.29 is 4.79 Å². The average molecular weight is 258 g/mol. The summed E-state index contributed by atoms with van der Waals surface area (Å²) >= 11 is 4.63.